The highest BCUT2D eigenvalue weighted by Gasteiger charge is 2.16. The van der Waals surface area contributed by atoms with Crippen LogP contribution >= 0.6 is 0 Å². The van der Waals surface area contributed by atoms with Gasteiger partial charge in [-0.15, -0.1) is 0 Å². The van der Waals surface area contributed by atoms with E-state index in [0.29, 0.717) is 0 Å². The molecule has 0 atom stereocenters. The van der Waals surface area contributed by atoms with Gasteiger partial charge in [-0.05, 0) is 18.2 Å². The summed E-state index contributed by atoms with van der Waals surface area (Å²) in [5.41, 5.74) is -0.722. The smallest absolute Gasteiger partial charge is 0.336 e. The van der Waals surface area contributed by atoms with Crippen molar-refractivity contribution in [3.05, 3.63) is 58.0 Å². The van der Waals surface area contributed by atoms with Crippen molar-refractivity contribution in [3.63, 3.8) is 0 Å². The number of rotatable bonds is 3. The van der Waals surface area contributed by atoms with Crippen LogP contribution < -0.4 is 10.9 Å². The van der Waals surface area contributed by atoms with E-state index in [4.69, 9.17) is 5.11 Å². The van der Waals surface area contributed by atoms with Crippen LogP contribution in [0.5, 0.6) is 0 Å². The fraction of sp³-hybridized carbons (Fsp3) is 0. The minimum absolute atomic E-state index is 0.000178. The van der Waals surface area contributed by atoms with Crippen LogP contribution in [0, 0.1) is 0 Å². The summed E-state index contributed by atoms with van der Waals surface area (Å²) in [6.45, 7) is 0. The van der Waals surface area contributed by atoms with Crippen molar-refractivity contribution in [3.8, 4) is 0 Å². The molecule has 1 aromatic heterocycles. The molecule has 0 unspecified atom stereocenters. The van der Waals surface area contributed by atoms with Crippen molar-refractivity contribution >= 4 is 17.6 Å². The summed E-state index contributed by atoms with van der Waals surface area (Å²) in [4.78, 5) is 34.3. The van der Waals surface area contributed by atoms with Crippen molar-refractivity contribution in [1.29, 1.82) is 0 Å². The highest BCUT2D eigenvalue weighted by molar-refractivity contribution is 6.10. The molecule has 2 rings (SSSR count). The van der Waals surface area contributed by atoms with Crippen LogP contribution in [0.3, 0.4) is 0 Å². The topological polar surface area (TPSA) is 112 Å². The van der Waals surface area contributed by atoms with Crippen LogP contribution in [-0.4, -0.2) is 27.2 Å². The summed E-state index contributed by atoms with van der Waals surface area (Å²) in [6.07, 6.45) is 1.31. The van der Waals surface area contributed by atoms with E-state index in [-0.39, 0.29) is 16.8 Å². The standard InChI is InChI=1S/C12H9N3O4/c16-10(14-9-5-6-13-15-11(9)17)7-3-1-2-4-8(7)12(18)19/h1-6H,(H,15,17)(H,18,19)(H,13,14,16). The van der Waals surface area contributed by atoms with Gasteiger partial charge in [-0.25, -0.2) is 9.89 Å². The van der Waals surface area contributed by atoms with Gasteiger partial charge in [0.1, 0.15) is 5.69 Å². The van der Waals surface area contributed by atoms with Crippen LogP contribution in [0.25, 0.3) is 0 Å². The minimum Gasteiger partial charge on any atom is -0.478 e. The maximum absolute atomic E-state index is 11.9. The first kappa shape index (κ1) is 12.5. The monoisotopic (exact) mass is 259 g/mol. The fourth-order valence-electron chi connectivity index (χ4n) is 1.50. The predicted octanol–water partition coefficient (Wildman–Crippen LogP) is 0.720. The normalized spacial score (nSPS) is 9.89. The lowest BCUT2D eigenvalue weighted by Gasteiger charge is -2.06. The Hall–Kier alpha value is -2.96. The summed E-state index contributed by atoms with van der Waals surface area (Å²) in [7, 11) is 0. The second kappa shape index (κ2) is 5.13. The molecule has 1 aromatic carbocycles. The SMILES string of the molecule is O=C(O)c1ccccc1C(=O)Nc1ccn[nH]c1=O. The minimum atomic E-state index is -1.21. The molecule has 1 heterocycles. The van der Waals surface area contributed by atoms with Crippen LogP contribution in [0.15, 0.2) is 41.3 Å². The molecule has 1 amide bonds. The number of benzene rings is 1. The number of nitrogens with zero attached hydrogens (tertiary/aromatic N) is 1. The Balaban J connectivity index is 2.34. The summed E-state index contributed by atoms with van der Waals surface area (Å²) in [5, 5.41) is 17.0. The van der Waals surface area contributed by atoms with Crippen LogP contribution in [-0.2, 0) is 0 Å². The molecule has 7 nitrogen and oxygen atoms in total. The number of aromatic nitrogens is 2. The predicted molar refractivity (Wildman–Crippen MR) is 66.2 cm³/mol. The fourth-order valence-corrected chi connectivity index (χ4v) is 1.50. The third kappa shape index (κ3) is 2.65. The van der Waals surface area contributed by atoms with Crippen molar-refractivity contribution in [2.24, 2.45) is 0 Å². The zero-order valence-electron chi connectivity index (χ0n) is 9.58. The van der Waals surface area contributed by atoms with Gasteiger partial charge in [0.15, 0.2) is 0 Å². The molecule has 0 radical (unpaired) electrons. The first-order chi connectivity index (χ1) is 9.09. The molecule has 0 aliphatic heterocycles. The maximum Gasteiger partial charge on any atom is 0.336 e. The molecule has 0 aliphatic rings. The highest BCUT2D eigenvalue weighted by atomic mass is 16.4. The molecule has 0 spiro atoms. The summed E-state index contributed by atoms with van der Waals surface area (Å²) in [5.74, 6) is -1.89. The first-order valence-corrected chi connectivity index (χ1v) is 5.27. The Bertz CT molecular complexity index is 693. The highest BCUT2D eigenvalue weighted by Crippen LogP contribution is 2.10. The number of anilines is 1. The van der Waals surface area contributed by atoms with Gasteiger partial charge in [0.25, 0.3) is 11.5 Å². The van der Waals surface area contributed by atoms with Gasteiger partial charge in [-0.2, -0.15) is 5.10 Å². The van der Waals surface area contributed by atoms with E-state index < -0.39 is 17.4 Å². The summed E-state index contributed by atoms with van der Waals surface area (Å²) >= 11 is 0. The third-order valence-electron chi connectivity index (χ3n) is 2.38. The lowest BCUT2D eigenvalue weighted by Crippen LogP contribution is -2.22. The lowest BCUT2D eigenvalue weighted by atomic mass is 10.1. The molecule has 0 saturated heterocycles. The number of carboxylic acids is 1. The molecule has 0 bridgehead atoms. The van der Waals surface area contributed by atoms with Crippen LogP contribution in [0.2, 0.25) is 0 Å². The zero-order valence-corrected chi connectivity index (χ0v) is 9.58. The molecular formula is C12H9N3O4. The van der Waals surface area contributed by atoms with E-state index in [2.05, 4.69) is 15.5 Å². The average molecular weight is 259 g/mol. The van der Waals surface area contributed by atoms with Gasteiger partial charge in [0, 0.05) is 6.20 Å². The number of aromatic amines is 1. The van der Waals surface area contributed by atoms with Gasteiger partial charge in [0.2, 0.25) is 0 Å². The number of carboxylic acid groups (broad SMARTS) is 1. The van der Waals surface area contributed by atoms with E-state index in [1.54, 1.807) is 0 Å². The van der Waals surface area contributed by atoms with Gasteiger partial charge in [-0.1, -0.05) is 12.1 Å². The number of H-pyrrole nitrogens is 1. The van der Waals surface area contributed by atoms with Crippen molar-refractivity contribution in [1.82, 2.24) is 10.2 Å². The summed E-state index contributed by atoms with van der Waals surface area (Å²) in [6, 6.07) is 7.06. The van der Waals surface area contributed by atoms with Crippen molar-refractivity contribution < 1.29 is 14.7 Å². The van der Waals surface area contributed by atoms with E-state index in [9.17, 15) is 14.4 Å². The molecule has 0 aliphatic carbocycles. The largest absolute Gasteiger partial charge is 0.478 e. The van der Waals surface area contributed by atoms with Gasteiger partial charge >= 0.3 is 5.97 Å². The Morgan fingerprint density at radius 3 is 2.47 bits per heavy atom. The Labute approximate surface area is 106 Å². The third-order valence-corrected chi connectivity index (χ3v) is 2.38. The van der Waals surface area contributed by atoms with E-state index in [1.165, 1.54) is 36.5 Å². The number of aromatic carboxylic acids is 1. The van der Waals surface area contributed by atoms with E-state index in [1.807, 2.05) is 0 Å². The molecule has 0 saturated carbocycles. The number of carbonyl (C=O) groups excluding carboxylic acids is 1. The number of hydrogen-bond acceptors (Lipinski definition) is 4. The van der Waals surface area contributed by atoms with E-state index >= 15 is 0 Å². The average Bonchev–Trinajstić information content (AvgIpc) is 2.41. The second-order valence-corrected chi connectivity index (χ2v) is 3.60. The molecule has 0 fully saturated rings. The van der Waals surface area contributed by atoms with Crippen molar-refractivity contribution in [2.75, 3.05) is 5.32 Å². The Morgan fingerprint density at radius 2 is 1.84 bits per heavy atom. The molecule has 19 heavy (non-hydrogen) atoms. The lowest BCUT2D eigenvalue weighted by molar-refractivity contribution is 0.0692. The molecule has 3 N–H and O–H groups in total. The van der Waals surface area contributed by atoms with Crippen LogP contribution in [0.1, 0.15) is 20.7 Å². The van der Waals surface area contributed by atoms with Crippen molar-refractivity contribution in [2.45, 2.75) is 0 Å². The number of carbonyl (C=O) groups is 2. The zero-order chi connectivity index (χ0) is 13.8. The molecular weight excluding hydrogens is 250 g/mol. The number of amides is 1. The van der Waals surface area contributed by atoms with Gasteiger partial charge < -0.3 is 10.4 Å². The second-order valence-electron chi connectivity index (χ2n) is 3.60. The molecule has 7 heteroatoms. The van der Waals surface area contributed by atoms with Gasteiger partial charge in [0.05, 0.1) is 11.1 Å². The van der Waals surface area contributed by atoms with Gasteiger partial charge in [-0.3, -0.25) is 9.59 Å². The number of nitrogens with one attached hydrogen (secondary N) is 2. The molecule has 2 aromatic rings. The quantitative estimate of drug-likeness (QED) is 0.751. The first-order valence-electron chi connectivity index (χ1n) is 5.27. The van der Waals surface area contributed by atoms with Crippen LogP contribution in [0.4, 0.5) is 5.69 Å². The Morgan fingerprint density at radius 1 is 1.16 bits per heavy atom. The maximum atomic E-state index is 11.9. The Kier molecular flexibility index (Phi) is 3.37. The number of hydrogen-bond donors (Lipinski definition) is 3. The van der Waals surface area contributed by atoms with E-state index in [0.717, 1.165) is 0 Å². The summed E-state index contributed by atoms with van der Waals surface area (Å²) < 4.78 is 0. The molecule has 96 valence electrons.